The van der Waals surface area contributed by atoms with Crippen molar-refractivity contribution in [2.24, 2.45) is 11.8 Å². The summed E-state index contributed by atoms with van der Waals surface area (Å²) in [5.41, 5.74) is 0. The fourth-order valence-corrected chi connectivity index (χ4v) is 2.68. The monoisotopic (exact) mass is 227 g/mol. The predicted molar refractivity (Wildman–Crippen MR) is 69.7 cm³/mol. The van der Waals surface area contributed by atoms with Crippen LogP contribution >= 0.6 is 0 Å². The molecule has 1 N–H and O–H groups in total. The van der Waals surface area contributed by atoms with Crippen LogP contribution in [-0.4, -0.2) is 25.3 Å². The number of ether oxygens (including phenoxy) is 1. The zero-order valence-electron chi connectivity index (χ0n) is 11.5. The lowest BCUT2D eigenvalue weighted by atomic mass is 10.0. The minimum Gasteiger partial charge on any atom is -0.378 e. The summed E-state index contributed by atoms with van der Waals surface area (Å²) in [6.45, 7) is 10.9. The molecule has 0 bridgehead atoms. The standard InChI is InChI=1S/C14H29NO/c1-5-16-14(11(2)3)9-10-15-13-8-6-7-12(13)4/h11-15H,5-10H2,1-4H3. The third kappa shape index (κ3) is 4.42. The van der Waals surface area contributed by atoms with Gasteiger partial charge >= 0.3 is 0 Å². The summed E-state index contributed by atoms with van der Waals surface area (Å²) >= 11 is 0. The van der Waals surface area contributed by atoms with Crippen molar-refractivity contribution in [3.8, 4) is 0 Å². The predicted octanol–water partition coefficient (Wildman–Crippen LogP) is 3.22. The lowest BCUT2D eigenvalue weighted by Gasteiger charge is -2.23. The molecule has 1 aliphatic rings. The first kappa shape index (κ1) is 14.0. The van der Waals surface area contributed by atoms with Crippen LogP contribution in [0.5, 0.6) is 0 Å². The largest absolute Gasteiger partial charge is 0.378 e. The van der Waals surface area contributed by atoms with Gasteiger partial charge in [0.15, 0.2) is 0 Å². The molecule has 0 amide bonds. The smallest absolute Gasteiger partial charge is 0.0609 e. The molecule has 2 nitrogen and oxygen atoms in total. The van der Waals surface area contributed by atoms with Crippen LogP contribution in [-0.2, 0) is 4.74 Å². The lowest BCUT2D eigenvalue weighted by molar-refractivity contribution is 0.0245. The number of rotatable bonds is 7. The average Bonchev–Trinajstić information content (AvgIpc) is 2.63. The van der Waals surface area contributed by atoms with Gasteiger partial charge in [-0.1, -0.05) is 27.2 Å². The number of hydrogen-bond acceptors (Lipinski definition) is 2. The second-order valence-electron chi connectivity index (χ2n) is 5.50. The molecule has 0 aliphatic heterocycles. The van der Waals surface area contributed by atoms with Crippen molar-refractivity contribution in [1.29, 1.82) is 0 Å². The highest BCUT2D eigenvalue weighted by atomic mass is 16.5. The molecule has 1 saturated carbocycles. The highest BCUT2D eigenvalue weighted by Crippen LogP contribution is 2.24. The summed E-state index contributed by atoms with van der Waals surface area (Å²) in [4.78, 5) is 0. The Bertz CT molecular complexity index is 182. The Kier molecular flexibility index (Phi) is 6.37. The van der Waals surface area contributed by atoms with E-state index in [1.165, 1.54) is 19.3 Å². The van der Waals surface area contributed by atoms with Crippen LogP contribution in [0.25, 0.3) is 0 Å². The number of nitrogens with one attached hydrogen (secondary N) is 1. The van der Waals surface area contributed by atoms with Crippen molar-refractivity contribution in [2.75, 3.05) is 13.2 Å². The molecule has 3 unspecified atom stereocenters. The highest BCUT2D eigenvalue weighted by Gasteiger charge is 2.23. The van der Waals surface area contributed by atoms with Crippen molar-refractivity contribution in [1.82, 2.24) is 5.32 Å². The van der Waals surface area contributed by atoms with E-state index in [0.29, 0.717) is 12.0 Å². The second-order valence-corrected chi connectivity index (χ2v) is 5.50. The molecule has 1 fully saturated rings. The second kappa shape index (κ2) is 7.29. The van der Waals surface area contributed by atoms with Gasteiger partial charge in [-0.15, -0.1) is 0 Å². The van der Waals surface area contributed by atoms with Gasteiger partial charge in [0.2, 0.25) is 0 Å². The van der Waals surface area contributed by atoms with E-state index in [-0.39, 0.29) is 0 Å². The number of hydrogen-bond donors (Lipinski definition) is 1. The van der Waals surface area contributed by atoms with Gasteiger partial charge in [0, 0.05) is 12.6 Å². The summed E-state index contributed by atoms with van der Waals surface area (Å²) in [7, 11) is 0. The molecule has 16 heavy (non-hydrogen) atoms. The topological polar surface area (TPSA) is 21.3 Å². The van der Waals surface area contributed by atoms with Crippen molar-refractivity contribution in [3.05, 3.63) is 0 Å². The van der Waals surface area contributed by atoms with E-state index in [1.807, 2.05) is 0 Å². The van der Waals surface area contributed by atoms with Gasteiger partial charge < -0.3 is 10.1 Å². The summed E-state index contributed by atoms with van der Waals surface area (Å²) in [5.74, 6) is 1.49. The van der Waals surface area contributed by atoms with Gasteiger partial charge in [0.25, 0.3) is 0 Å². The highest BCUT2D eigenvalue weighted by molar-refractivity contribution is 4.80. The summed E-state index contributed by atoms with van der Waals surface area (Å²) in [5, 5.41) is 3.70. The molecule has 3 atom stereocenters. The lowest BCUT2D eigenvalue weighted by Crippen LogP contribution is -2.34. The minimum absolute atomic E-state index is 0.425. The van der Waals surface area contributed by atoms with E-state index < -0.39 is 0 Å². The molecule has 0 saturated heterocycles. The van der Waals surface area contributed by atoms with Crippen LogP contribution in [0.1, 0.15) is 53.4 Å². The van der Waals surface area contributed by atoms with E-state index in [1.54, 1.807) is 0 Å². The minimum atomic E-state index is 0.425. The molecule has 0 heterocycles. The normalized spacial score (nSPS) is 27.6. The Labute approximate surface area is 101 Å². The van der Waals surface area contributed by atoms with Crippen LogP contribution in [0.2, 0.25) is 0 Å². The molecule has 0 spiro atoms. The molecule has 1 aliphatic carbocycles. The van der Waals surface area contributed by atoms with E-state index in [0.717, 1.165) is 31.5 Å². The summed E-state index contributed by atoms with van der Waals surface area (Å²) in [6.07, 6.45) is 5.74. The van der Waals surface area contributed by atoms with Gasteiger partial charge in [0.05, 0.1) is 6.10 Å². The summed E-state index contributed by atoms with van der Waals surface area (Å²) in [6, 6.07) is 0.759. The summed E-state index contributed by atoms with van der Waals surface area (Å²) < 4.78 is 5.75. The van der Waals surface area contributed by atoms with E-state index in [2.05, 4.69) is 33.0 Å². The van der Waals surface area contributed by atoms with Crippen LogP contribution < -0.4 is 5.32 Å². The molecule has 96 valence electrons. The molecule has 1 rings (SSSR count). The Morgan fingerprint density at radius 3 is 2.56 bits per heavy atom. The van der Waals surface area contributed by atoms with Gasteiger partial charge in [-0.25, -0.2) is 0 Å². The maximum Gasteiger partial charge on any atom is 0.0609 e. The van der Waals surface area contributed by atoms with Crippen molar-refractivity contribution in [3.63, 3.8) is 0 Å². The zero-order valence-corrected chi connectivity index (χ0v) is 11.5. The molecule has 0 aromatic rings. The van der Waals surface area contributed by atoms with E-state index in [9.17, 15) is 0 Å². The Morgan fingerprint density at radius 2 is 2.06 bits per heavy atom. The molecular weight excluding hydrogens is 198 g/mol. The van der Waals surface area contributed by atoms with Crippen molar-refractivity contribution in [2.45, 2.75) is 65.5 Å². The maximum atomic E-state index is 5.75. The third-order valence-electron chi connectivity index (χ3n) is 3.82. The first-order chi connectivity index (χ1) is 7.65. The van der Waals surface area contributed by atoms with Gasteiger partial charge in [-0.3, -0.25) is 0 Å². The Balaban J connectivity index is 2.17. The van der Waals surface area contributed by atoms with Crippen LogP contribution in [0, 0.1) is 11.8 Å². The van der Waals surface area contributed by atoms with Gasteiger partial charge in [0.1, 0.15) is 0 Å². The van der Waals surface area contributed by atoms with E-state index in [4.69, 9.17) is 4.74 Å². The average molecular weight is 227 g/mol. The van der Waals surface area contributed by atoms with Crippen LogP contribution in [0.4, 0.5) is 0 Å². The van der Waals surface area contributed by atoms with Crippen LogP contribution in [0.3, 0.4) is 0 Å². The SMILES string of the molecule is CCOC(CCNC1CCCC1C)C(C)C. The molecule has 0 aromatic carbocycles. The fourth-order valence-electron chi connectivity index (χ4n) is 2.68. The molecular formula is C14H29NO. The molecule has 2 heteroatoms. The van der Waals surface area contributed by atoms with Crippen LogP contribution in [0.15, 0.2) is 0 Å². The maximum absolute atomic E-state index is 5.75. The Hall–Kier alpha value is -0.0800. The third-order valence-corrected chi connectivity index (χ3v) is 3.82. The fraction of sp³-hybridized carbons (Fsp3) is 1.00. The quantitative estimate of drug-likeness (QED) is 0.721. The zero-order chi connectivity index (χ0) is 12.0. The van der Waals surface area contributed by atoms with Crippen molar-refractivity contribution < 1.29 is 4.74 Å². The first-order valence-corrected chi connectivity index (χ1v) is 7.00. The molecule has 0 radical (unpaired) electrons. The van der Waals surface area contributed by atoms with Gasteiger partial charge in [-0.05, 0) is 44.6 Å². The Morgan fingerprint density at radius 1 is 1.31 bits per heavy atom. The first-order valence-electron chi connectivity index (χ1n) is 7.00. The molecule has 0 aromatic heterocycles. The van der Waals surface area contributed by atoms with Gasteiger partial charge in [-0.2, -0.15) is 0 Å². The van der Waals surface area contributed by atoms with Crippen molar-refractivity contribution >= 4 is 0 Å². The van der Waals surface area contributed by atoms with E-state index >= 15 is 0 Å².